The number of halogens is 2. The van der Waals surface area contributed by atoms with Gasteiger partial charge in [-0.1, -0.05) is 18.5 Å². The average molecular weight is 517 g/mol. The molecule has 0 saturated carbocycles. The second kappa shape index (κ2) is 9.45. The van der Waals surface area contributed by atoms with Crippen molar-refractivity contribution in [2.75, 3.05) is 37.6 Å². The molecule has 0 aliphatic carbocycles. The molecule has 0 fully saturated rings. The Morgan fingerprint density at radius 3 is 2.79 bits per heavy atom. The molecule has 1 aromatic heterocycles. The van der Waals surface area contributed by atoms with Crippen molar-refractivity contribution in [3.63, 3.8) is 0 Å². The molecule has 3 rings (SSSR count). The van der Waals surface area contributed by atoms with Gasteiger partial charge < -0.3 is 19.7 Å². The fourth-order valence-corrected chi connectivity index (χ4v) is 4.46. The first-order valence-corrected chi connectivity index (χ1v) is 10.9. The van der Waals surface area contributed by atoms with Gasteiger partial charge in [0.05, 0.1) is 21.4 Å². The first-order chi connectivity index (χ1) is 13.5. The lowest BCUT2D eigenvalue weighted by atomic mass is 10.1. The summed E-state index contributed by atoms with van der Waals surface area (Å²) in [7, 11) is 3.39. The molecule has 152 valence electrons. The number of anilines is 3. The minimum atomic E-state index is 0.300. The van der Waals surface area contributed by atoms with Gasteiger partial charge in [0, 0.05) is 32.4 Å². The third-order valence-electron chi connectivity index (χ3n) is 4.93. The van der Waals surface area contributed by atoms with Crippen LogP contribution in [0.1, 0.15) is 31.2 Å². The maximum absolute atomic E-state index is 6.60. The summed E-state index contributed by atoms with van der Waals surface area (Å²) in [5, 5.41) is 4.26. The topological polar surface area (TPSA) is 59.5 Å². The Kier molecular flexibility index (Phi) is 7.22. The molecule has 8 heteroatoms. The van der Waals surface area contributed by atoms with E-state index in [2.05, 4.69) is 50.8 Å². The summed E-state index contributed by atoms with van der Waals surface area (Å²) in [6.45, 7) is 5.64. The zero-order valence-electron chi connectivity index (χ0n) is 16.7. The predicted octanol–water partition coefficient (Wildman–Crippen LogP) is 4.97. The molecule has 0 bridgehead atoms. The number of nitrogens with zero attached hydrogens (tertiary/aromatic N) is 3. The number of rotatable bonds is 8. The lowest BCUT2D eigenvalue weighted by Gasteiger charge is -2.24. The van der Waals surface area contributed by atoms with Crippen LogP contribution < -0.4 is 15.0 Å². The highest BCUT2D eigenvalue weighted by Crippen LogP contribution is 2.43. The van der Waals surface area contributed by atoms with Gasteiger partial charge in [0.25, 0.3) is 0 Å². The smallest absolute Gasteiger partial charge is 0.152 e. The second-order valence-corrected chi connectivity index (χ2v) is 8.29. The molecule has 1 aromatic carbocycles. The number of benzene rings is 1. The van der Waals surface area contributed by atoms with Crippen LogP contribution in [0.15, 0.2) is 12.1 Å². The van der Waals surface area contributed by atoms with E-state index in [1.807, 2.05) is 13.0 Å². The van der Waals surface area contributed by atoms with Crippen LogP contribution in [0.4, 0.5) is 17.3 Å². The number of aryl methyl sites for hydroxylation is 1. The Balaban J connectivity index is 1.96. The van der Waals surface area contributed by atoms with Crippen LogP contribution in [0.2, 0.25) is 5.02 Å². The monoisotopic (exact) mass is 516 g/mol. The number of fused-ring (bicyclic) bond motifs is 1. The van der Waals surface area contributed by atoms with Crippen molar-refractivity contribution in [2.45, 2.75) is 39.2 Å². The third-order valence-corrected chi connectivity index (χ3v) is 6.21. The minimum absolute atomic E-state index is 0.300. The molecule has 1 unspecified atom stereocenters. The third kappa shape index (κ3) is 4.46. The molecule has 0 spiro atoms. The summed E-state index contributed by atoms with van der Waals surface area (Å²) in [6, 6.07) is 4.21. The molecular formula is C20H26ClIN4O2. The first-order valence-electron chi connectivity index (χ1n) is 9.42. The second-order valence-electron chi connectivity index (χ2n) is 6.81. The molecule has 2 heterocycles. The molecule has 1 aliphatic heterocycles. The minimum Gasteiger partial charge on any atom is -0.497 e. The SMILES string of the molecule is CCC(CCOC)Nc1nc(C)nc(N2CCc3cc(OC)cc(Cl)c32)c1I. The van der Waals surface area contributed by atoms with Gasteiger partial charge in [0.2, 0.25) is 0 Å². The Morgan fingerprint density at radius 2 is 2.11 bits per heavy atom. The fourth-order valence-electron chi connectivity index (χ4n) is 3.45. The zero-order chi connectivity index (χ0) is 20.3. The van der Waals surface area contributed by atoms with Gasteiger partial charge >= 0.3 is 0 Å². The fraction of sp³-hybridized carbons (Fsp3) is 0.500. The van der Waals surface area contributed by atoms with Gasteiger partial charge in [-0.3, -0.25) is 0 Å². The molecule has 0 saturated heterocycles. The number of aromatic nitrogens is 2. The van der Waals surface area contributed by atoms with E-state index in [0.717, 1.165) is 64.9 Å². The number of hydrogen-bond acceptors (Lipinski definition) is 6. The molecule has 2 aromatic rings. The summed E-state index contributed by atoms with van der Waals surface area (Å²) < 4.78 is 11.6. The number of ether oxygens (including phenoxy) is 2. The molecule has 1 N–H and O–H groups in total. The molecule has 1 atom stereocenters. The van der Waals surface area contributed by atoms with E-state index in [4.69, 9.17) is 26.1 Å². The highest BCUT2D eigenvalue weighted by molar-refractivity contribution is 14.1. The van der Waals surface area contributed by atoms with Crippen molar-refractivity contribution < 1.29 is 9.47 Å². The van der Waals surface area contributed by atoms with Crippen LogP contribution in [0.25, 0.3) is 0 Å². The van der Waals surface area contributed by atoms with E-state index in [1.165, 1.54) is 5.56 Å². The maximum atomic E-state index is 6.60. The number of methoxy groups -OCH3 is 2. The standard InChI is InChI=1S/C20H26ClIN4O2/c1-5-14(7-9-27-3)25-19-17(22)20(24-12(2)23-19)26-8-6-13-10-15(28-4)11-16(21)18(13)26/h10-11,14H,5-9H2,1-4H3,(H,23,24,25). The number of hydrogen-bond donors (Lipinski definition) is 1. The largest absolute Gasteiger partial charge is 0.497 e. The molecular weight excluding hydrogens is 491 g/mol. The lowest BCUT2D eigenvalue weighted by molar-refractivity contribution is 0.189. The van der Waals surface area contributed by atoms with Crippen molar-refractivity contribution in [3.05, 3.63) is 32.1 Å². The summed E-state index contributed by atoms with van der Waals surface area (Å²) in [4.78, 5) is 11.6. The molecule has 1 aliphatic rings. The van der Waals surface area contributed by atoms with Crippen LogP contribution in [-0.4, -0.2) is 43.4 Å². The van der Waals surface area contributed by atoms with Gasteiger partial charge in [-0.15, -0.1) is 0 Å². The van der Waals surface area contributed by atoms with Crippen molar-refractivity contribution in [2.24, 2.45) is 0 Å². The van der Waals surface area contributed by atoms with Crippen LogP contribution in [0, 0.1) is 10.5 Å². The van der Waals surface area contributed by atoms with Gasteiger partial charge in [0.15, 0.2) is 5.82 Å². The van der Waals surface area contributed by atoms with Crippen molar-refractivity contribution in [3.8, 4) is 5.75 Å². The van der Waals surface area contributed by atoms with Crippen LogP contribution in [0.3, 0.4) is 0 Å². The van der Waals surface area contributed by atoms with E-state index >= 15 is 0 Å². The number of nitrogens with one attached hydrogen (secondary N) is 1. The summed E-state index contributed by atoms with van der Waals surface area (Å²) in [6.07, 6.45) is 2.83. The molecule has 28 heavy (non-hydrogen) atoms. The summed E-state index contributed by atoms with van der Waals surface area (Å²) >= 11 is 8.93. The lowest BCUT2D eigenvalue weighted by Crippen LogP contribution is -2.24. The Morgan fingerprint density at radius 1 is 1.32 bits per heavy atom. The molecule has 6 nitrogen and oxygen atoms in total. The van der Waals surface area contributed by atoms with Crippen LogP contribution >= 0.6 is 34.2 Å². The van der Waals surface area contributed by atoms with E-state index in [1.54, 1.807) is 14.2 Å². The van der Waals surface area contributed by atoms with E-state index in [-0.39, 0.29) is 0 Å². The summed E-state index contributed by atoms with van der Waals surface area (Å²) in [5.41, 5.74) is 2.19. The van der Waals surface area contributed by atoms with Crippen LogP contribution in [0.5, 0.6) is 5.75 Å². The zero-order valence-corrected chi connectivity index (χ0v) is 19.6. The maximum Gasteiger partial charge on any atom is 0.152 e. The highest BCUT2D eigenvalue weighted by atomic mass is 127. The van der Waals surface area contributed by atoms with E-state index in [9.17, 15) is 0 Å². The molecule has 0 radical (unpaired) electrons. The summed E-state index contributed by atoms with van der Waals surface area (Å²) in [5.74, 6) is 3.27. The highest BCUT2D eigenvalue weighted by Gasteiger charge is 2.28. The Labute approximate surface area is 185 Å². The van der Waals surface area contributed by atoms with Gasteiger partial charge in [-0.05, 0) is 60.4 Å². The Hall–Kier alpha value is -1.32. The van der Waals surface area contributed by atoms with Gasteiger partial charge in [-0.2, -0.15) is 0 Å². The molecule has 0 amide bonds. The van der Waals surface area contributed by atoms with Crippen molar-refractivity contribution in [1.29, 1.82) is 0 Å². The van der Waals surface area contributed by atoms with Crippen molar-refractivity contribution >= 4 is 51.5 Å². The average Bonchev–Trinajstić information content (AvgIpc) is 3.11. The first kappa shape index (κ1) is 21.4. The van der Waals surface area contributed by atoms with E-state index < -0.39 is 0 Å². The normalized spacial score (nSPS) is 14.1. The van der Waals surface area contributed by atoms with Gasteiger partial charge in [0.1, 0.15) is 17.4 Å². The van der Waals surface area contributed by atoms with Gasteiger partial charge in [-0.25, -0.2) is 9.97 Å². The van der Waals surface area contributed by atoms with Crippen LogP contribution in [-0.2, 0) is 11.2 Å². The van der Waals surface area contributed by atoms with Crippen molar-refractivity contribution in [1.82, 2.24) is 9.97 Å². The van der Waals surface area contributed by atoms with E-state index in [0.29, 0.717) is 11.1 Å². The quantitative estimate of drug-likeness (QED) is 0.500. The Bertz CT molecular complexity index is 849. The predicted molar refractivity (Wildman–Crippen MR) is 122 cm³/mol.